The summed E-state index contributed by atoms with van der Waals surface area (Å²) in [5.74, 6) is -0.0533. The van der Waals surface area contributed by atoms with Crippen LogP contribution in [-0.2, 0) is 9.53 Å². The predicted molar refractivity (Wildman–Crippen MR) is 50.8 cm³/mol. The number of hydrogen-bond donors (Lipinski definition) is 0. The van der Waals surface area contributed by atoms with Crippen LogP contribution in [0.3, 0.4) is 0 Å². The first kappa shape index (κ1) is 14.7. The van der Waals surface area contributed by atoms with Gasteiger partial charge in [0.05, 0.1) is 19.2 Å². The molecule has 74 valence electrons. The molecule has 12 heavy (non-hydrogen) atoms. The zero-order chi connectivity index (χ0) is 8.91. The minimum absolute atomic E-state index is 0. The Morgan fingerprint density at radius 1 is 1.33 bits per heavy atom. The summed E-state index contributed by atoms with van der Waals surface area (Å²) in [6, 6.07) is 0. The van der Waals surface area contributed by atoms with Crippen molar-refractivity contribution in [3.8, 4) is 0 Å². The Labute approximate surface area is 81.8 Å². The average Bonchev–Trinajstić information content (AvgIpc) is 1.83. The summed E-state index contributed by atoms with van der Waals surface area (Å²) >= 11 is 0. The van der Waals surface area contributed by atoms with Crippen molar-refractivity contribution in [1.82, 2.24) is 0 Å². The van der Waals surface area contributed by atoms with Crippen LogP contribution in [0.4, 0.5) is 0 Å². The van der Waals surface area contributed by atoms with Gasteiger partial charge in [-0.3, -0.25) is 4.79 Å². The molecule has 0 saturated carbocycles. The minimum atomic E-state index is -0.794. The van der Waals surface area contributed by atoms with Gasteiger partial charge in [0.2, 0.25) is 0 Å². The van der Waals surface area contributed by atoms with E-state index in [1.807, 2.05) is 6.92 Å². The number of hydrogen-bond acceptors (Lipinski definition) is 2. The van der Waals surface area contributed by atoms with Crippen LogP contribution >= 0.6 is 7.26 Å². The van der Waals surface area contributed by atoms with Crippen LogP contribution in [0.2, 0.25) is 0 Å². The SMILES string of the molecule is CCOC(=O)CC[P+](C)(C)C.[Cl-]. The smallest absolute Gasteiger partial charge is 0.309 e. The molecule has 4 heteroatoms. The van der Waals surface area contributed by atoms with Crippen LogP contribution in [0.15, 0.2) is 0 Å². The highest BCUT2D eigenvalue weighted by Gasteiger charge is 2.18. The molecule has 0 aliphatic carbocycles. The van der Waals surface area contributed by atoms with E-state index in [2.05, 4.69) is 20.0 Å². The normalized spacial score (nSPS) is 10.3. The van der Waals surface area contributed by atoms with Crippen LogP contribution in [0.1, 0.15) is 13.3 Å². The number of ether oxygens (including phenoxy) is 1. The molecule has 0 spiro atoms. The summed E-state index contributed by atoms with van der Waals surface area (Å²) in [4.78, 5) is 10.9. The molecule has 0 atom stereocenters. The van der Waals surface area contributed by atoms with E-state index in [9.17, 15) is 4.79 Å². The van der Waals surface area contributed by atoms with E-state index in [4.69, 9.17) is 4.74 Å². The summed E-state index contributed by atoms with van der Waals surface area (Å²) in [6.07, 6.45) is 1.59. The van der Waals surface area contributed by atoms with Gasteiger partial charge in [-0.15, -0.1) is 0 Å². The Kier molecular flexibility index (Phi) is 8.18. The lowest BCUT2D eigenvalue weighted by atomic mass is 10.5. The van der Waals surface area contributed by atoms with Crippen molar-refractivity contribution in [3.05, 3.63) is 0 Å². The van der Waals surface area contributed by atoms with E-state index >= 15 is 0 Å². The molecular formula is C8H18ClO2P. The molecule has 0 bridgehead atoms. The first-order chi connectivity index (χ1) is 4.95. The largest absolute Gasteiger partial charge is 1.00 e. The maximum atomic E-state index is 10.9. The van der Waals surface area contributed by atoms with Gasteiger partial charge in [0.1, 0.15) is 0 Å². The topological polar surface area (TPSA) is 26.3 Å². The highest BCUT2D eigenvalue weighted by Crippen LogP contribution is 2.46. The highest BCUT2D eigenvalue weighted by atomic mass is 35.5. The van der Waals surface area contributed by atoms with E-state index in [1.165, 1.54) is 0 Å². The summed E-state index contributed by atoms with van der Waals surface area (Å²) < 4.78 is 4.82. The molecule has 0 rings (SSSR count). The number of halogens is 1. The minimum Gasteiger partial charge on any atom is -1.00 e. The van der Waals surface area contributed by atoms with Crippen LogP contribution in [-0.4, -0.2) is 38.7 Å². The van der Waals surface area contributed by atoms with Crippen LogP contribution in [0.25, 0.3) is 0 Å². The second kappa shape index (κ2) is 6.68. The molecule has 0 unspecified atom stereocenters. The van der Waals surface area contributed by atoms with Crippen molar-refractivity contribution in [3.63, 3.8) is 0 Å². The van der Waals surface area contributed by atoms with Crippen LogP contribution in [0.5, 0.6) is 0 Å². The molecule has 0 amide bonds. The Bertz CT molecular complexity index is 132. The van der Waals surface area contributed by atoms with Crippen molar-refractivity contribution in [1.29, 1.82) is 0 Å². The van der Waals surface area contributed by atoms with Gasteiger partial charge in [0.25, 0.3) is 0 Å². The third-order valence-electron chi connectivity index (χ3n) is 1.29. The lowest BCUT2D eigenvalue weighted by Gasteiger charge is -2.10. The molecule has 0 radical (unpaired) electrons. The molecule has 0 saturated heterocycles. The molecule has 0 aliphatic rings. The molecule has 0 aliphatic heterocycles. The monoisotopic (exact) mass is 212 g/mol. The first-order valence-electron chi connectivity index (χ1n) is 3.92. The standard InChI is InChI=1S/C8H18O2P.ClH/c1-5-10-8(9)6-7-11(2,3)4;/h5-7H2,1-4H3;1H/q+1;/p-1. The Hall–Kier alpha value is 0.190. The van der Waals surface area contributed by atoms with E-state index in [-0.39, 0.29) is 18.4 Å². The molecule has 0 N–H and O–H groups in total. The fourth-order valence-corrected chi connectivity index (χ4v) is 1.51. The van der Waals surface area contributed by atoms with Gasteiger partial charge < -0.3 is 17.1 Å². The van der Waals surface area contributed by atoms with E-state index in [1.54, 1.807) is 0 Å². The second-order valence-electron chi connectivity index (χ2n) is 3.57. The highest BCUT2D eigenvalue weighted by molar-refractivity contribution is 7.73. The number of carbonyl (C=O) groups excluding carboxylic acids is 1. The van der Waals surface area contributed by atoms with Gasteiger partial charge in [0, 0.05) is 27.3 Å². The number of rotatable bonds is 4. The van der Waals surface area contributed by atoms with E-state index in [0.717, 1.165) is 6.16 Å². The molecule has 0 aromatic rings. The number of esters is 1. The van der Waals surface area contributed by atoms with Gasteiger partial charge in [0.15, 0.2) is 0 Å². The molecule has 0 aromatic carbocycles. The summed E-state index contributed by atoms with van der Waals surface area (Å²) in [6.45, 7) is 9.02. The maximum Gasteiger partial charge on any atom is 0.309 e. The quantitative estimate of drug-likeness (QED) is 0.435. The number of carbonyl (C=O) groups is 1. The zero-order valence-electron chi connectivity index (χ0n) is 8.26. The van der Waals surface area contributed by atoms with Gasteiger partial charge in [-0.05, 0) is 6.92 Å². The first-order valence-corrected chi connectivity index (χ1v) is 7.23. The molecular weight excluding hydrogens is 195 g/mol. The zero-order valence-corrected chi connectivity index (χ0v) is 9.91. The van der Waals surface area contributed by atoms with Crippen molar-refractivity contribution in [2.24, 2.45) is 0 Å². The summed E-state index contributed by atoms with van der Waals surface area (Å²) in [7, 11) is -0.794. The lowest BCUT2D eigenvalue weighted by molar-refractivity contribution is -0.142. The maximum absolute atomic E-state index is 10.9. The fraction of sp³-hybridized carbons (Fsp3) is 0.875. The van der Waals surface area contributed by atoms with Gasteiger partial charge in [-0.25, -0.2) is 0 Å². The Balaban J connectivity index is 0. The predicted octanol–water partition coefficient (Wildman–Crippen LogP) is -1.15. The average molecular weight is 213 g/mol. The van der Waals surface area contributed by atoms with Crippen molar-refractivity contribution in [2.45, 2.75) is 13.3 Å². The molecule has 0 fully saturated rings. The van der Waals surface area contributed by atoms with Crippen LogP contribution in [0, 0.1) is 0 Å². The Morgan fingerprint density at radius 2 is 1.83 bits per heavy atom. The fourth-order valence-electron chi connectivity index (χ4n) is 0.660. The second-order valence-corrected chi connectivity index (χ2v) is 8.60. The van der Waals surface area contributed by atoms with Gasteiger partial charge in [-0.2, -0.15) is 0 Å². The summed E-state index contributed by atoms with van der Waals surface area (Å²) in [5, 5.41) is 0. The van der Waals surface area contributed by atoms with Crippen molar-refractivity contribution in [2.75, 3.05) is 32.8 Å². The van der Waals surface area contributed by atoms with Crippen molar-refractivity contribution < 1.29 is 21.9 Å². The van der Waals surface area contributed by atoms with Gasteiger partial charge >= 0.3 is 5.97 Å². The van der Waals surface area contributed by atoms with Gasteiger partial charge in [-0.1, -0.05) is 0 Å². The third-order valence-corrected chi connectivity index (χ3v) is 2.86. The third kappa shape index (κ3) is 10.2. The molecule has 0 aromatic heterocycles. The van der Waals surface area contributed by atoms with Crippen LogP contribution < -0.4 is 12.4 Å². The molecule has 0 heterocycles. The lowest BCUT2D eigenvalue weighted by Crippen LogP contribution is -3.00. The van der Waals surface area contributed by atoms with E-state index < -0.39 is 7.26 Å². The summed E-state index contributed by atoms with van der Waals surface area (Å²) in [5.41, 5.74) is 0. The Morgan fingerprint density at radius 3 is 2.17 bits per heavy atom. The van der Waals surface area contributed by atoms with Crippen molar-refractivity contribution >= 4 is 13.2 Å². The van der Waals surface area contributed by atoms with E-state index in [0.29, 0.717) is 13.0 Å². The molecule has 2 nitrogen and oxygen atoms in total.